The van der Waals surface area contributed by atoms with E-state index in [1.807, 2.05) is 13.8 Å². The molecule has 0 saturated heterocycles. The van der Waals surface area contributed by atoms with Crippen LogP contribution < -0.4 is 11.1 Å². The standard InChI is InChI=1S/C5H10F2.C5H5NO.C5H10O.C4H4N2O.8H2/c1-3-5(6,7)4-2;7-5-3-1-2-4-6-5;1-3-5(6)4-2;7-4-1-2-5-3-6-4;;;;;;;;/h3-4H2,1-2H3;1-4H,(H,6,7);3-4H2,1-2H3;1-3H,(H,5,6,7);8*1H/i;;;;7*1+1D;1+1. The minimum Gasteiger partial charge on any atom is -0.329 e. The largest absolute Gasteiger partial charge is 0.329 e. The molecule has 2 aromatic rings. The van der Waals surface area contributed by atoms with Crippen LogP contribution in [0.4, 0.5) is 8.78 Å². The van der Waals surface area contributed by atoms with Crippen molar-refractivity contribution in [3.63, 3.8) is 0 Å². The van der Waals surface area contributed by atoms with Crippen molar-refractivity contribution < 1.29 is 35.8 Å². The van der Waals surface area contributed by atoms with Gasteiger partial charge in [-0.2, -0.15) is 0 Å². The fourth-order valence-electron chi connectivity index (χ4n) is 1.18. The Kier molecular flexibility index (Phi) is 9.60. The number of pyridine rings is 1. The predicted octanol–water partition coefficient (Wildman–Crippen LogP) is 5.93. The summed E-state index contributed by atoms with van der Waals surface area (Å²) in [7, 11) is 0. The summed E-state index contributed by atoms with van der Waals surface area (Å²) in [4.78, 5) is 39.0. The Labute approximate surface area is 181 Å². The first kappa shape index (κ1) is 15.4. The van der Waals surface area contributed by atoms with Crippen molar-refractivity contribution >= 4 is 5.78 Å². The highest BCUT2D eigenvalue weighted by Crippen LogP contribution is 2.20. The van der Waals surface area contributed by atoms with Crippen LogP contribution in [0.1, 0.15) is 75.6 Å². The van der Waals surface area contributed by atoms with E-state index >= 15 is 0 Å². The first-order chi connectivity index (χ1) is 19.7. The molecule has 0 amide bonds. The quantitative estimate of drug-likeness (QED) is 0.645. The lowest BCUT2D eigenvalue weighted by atomic mass is 10.2. The molecule has 0 spiro atoms. The summed E-state index contributed by atoms with van der Waals surface area (Å²) in [6.45, 7) is 6.74. The molecule has 0 bridgehead atoms. The minimum absolute atomic E-state index is 0. The van der Waals surface area contributed by atoms with E-state index in [4.69, 9.17) is 20.8 Å². The molecule has 2 rings (SSSR count). The number of halogens is 2. The highest BCUT2D eigenvalue weighted by Gasteiger charge is 2.21. The zero-order chi connectivity index (χ0) is 35.1. The number of hydrogen-bond acceptors (Lipinski definition) is 4. The molecule has 168 valence electrons. The van der Waals surface area contributed by atoms with E-state index in [2.05, 4.69) is 15.0 Å². The number of H-pyrrole nitrogens is 2. The molecule has 0 fully saturated rings. The average molecular weight is 417 g/mol. The van der Waals surface area contributed by atoms with Crippen LogP contribution in [-0.2, 0) is 4.79 Å². The van der Waals surface area contributed by atoms with Gasteiger partial charge in [-0.15, -0.1) is 0 Å². The maximum atomic E-state index is 11.9. The third kappa shape index (κ3) is 19.5. The second-order valence-electron chi connectivity index (χ2n) is 5.14. The van der Waals surface area contributed by atoms with Gasteiger partial charge in [0, 0.05) is 72.4 Å². The summed E-state index contributed by atoms with van der Waals surface area (Å²) in [5.74, 6) is -2.07. The molecule has 8 heteroatoms. The van der Waals surface area contributed by atoms with Gasteiger partial charge in [-0.1, -0.05) is 33.8 Å². The van der Waals surface area contributed by atoms with E-state index in [-0.39, 0.29) is 25.4 Å². The van der Waals surface area contributed by atoms with Crippen molar-refractivity contribution in [3.8, 4) is 0 Å². The molecule has 0 radical (unpaired) electrons. The molecule has 2 N–H and O–H groups in total. The second-order valence-corrected chi connectivity index (χ2v) is 5.14. The van der Waals surface area contributed by atoms with Crippen molar-refractivity contribution in [1.29, 1.82) is 0 Å². The summed E-state index contributed by atoms with van der Waals surface area (Å²) in [5.41, 5.74) is -0.169. The van der Waals surface area contributed by atoms with Crippen LogP contribution in [0.15, 0.2) is 52.6 Å². The molecule has 0 aliphatic rings. The number of carbonyl (C=O) groups is 1. The van der Waals surface area contributed by atoms with Crippen molar-refractivity contribution in [3.05, 3.63) is 63.7 Å². The first-order valence-electron chi connectivity index (χ1n) is 15.7. The van der Waals surface area contributed by atoms with E-state index < -0.39 is 5.92 Å². The summed E-state index contributed by atoms with van der Waals surface area (Å²) in [6, 6.07) is 6.29. The summed E-state index contributed by atoms with van der Waals surface area (Å²) in [6.07, 6.45) is 5.70. The molecule has 0 atom stereocenters. The highest BCUT2D eigenvalue weighted by atomic mass is 19.3. The lowest BCUT2D eigenvalue weighted by molar-refractivity contribution is -0.118. The molecule has 6 nitrogen and oxygen atoms in total. The molecular weight excluding hydrogens is 356 g/mol. The number of Topliss-reactive ketones (excluding diaryl/α,β-unsaturated/α-hetero) is 1. The number of alkyl halides is 2. The molecule has 0 saturated carbocycles. The van der Waals surface area contributed by atoms with Gasteiger partial charge < -0.3 is 9.97 Å². The van der Waals surface area contributed by atoms with E-state index in [9.17, 15) is 23.2 Å². The number of rotatable bonds is 4. The van der Waals surface area contributed by atoms with Crippen LogP contribution in [0.5, 0.6) is 0 Å². The van der Waals surface area contributed by atoms with Gasteiger partial charge in [-0.3, -0.25) is 14.4 Å². The minimum atomic E-state index is -2.42. The smallest absolute Gasteiger partial charge is 0.250 e. The number of aromatic amines is 2. The molecule has 0 aliphatic carbocycles. The Morgan fingerprint density at radius 2 is 1.59 bits per heavy atom. The molecular formula is C19H45F2N3O3. The topological polar surface area (TPSA) is 95.7 Å². The maximum absolute atomic E-state index is 11.9. The Morgan fingerprint density at radius 1 is 1.04 bits per heavy atom. The van der Waals surface area contributed by atoms with Crippen molar-refractivity contribution in [1.82, 2.24) is 15.0 Å². The maximum Gasteiger partial charge on any atom is 0.250 e. The fraction of sp³-hybridized carbons (Fsp3) is 0.474. The van der Waals surface area contributed by atoms with Crippen LogP contribution >= 0.6 is 0 Å². The number of nitrogens with zero attached hydrogens (tertiary/aromatic N) is 1. The Balaban J connectivity index is -0.0000000354. The van der Waals surface area contributed by atoms with E-state index in [1.54, 1.807) is 18.3 Å². The third-order valence-corrected chi connectivity index (χ3v) is 3.10. The van der Waals surface area contributed by atoms with Crippen molar-refractivity contribution in [2.45, 2.75) is 59.3 Å². The van der Waals surface area contributed by atoms with Crippen LogP contribution in [0, 0.1) is 0 Å². The Morgan fingerprint density at radius 3 is 1.74 bits per heavy atom. The molecule has 2 heterocycles. The molecule has 0 unspecified atom stereocenters. The van der Waals surface area contributed by atoms with Gasteiger partial charge >= 0.3 is 0 Å². The van der Waals surface area contributed by atoms with Crippen molar-refractivity contribution in [2.75, 3.05) is 0 Å². The zero-order valence-corrected chi connectivity index (χ0v) is 16.3. The lowest BCUT2D eigenvalue weighted by Crippen LogP contribution is -2.10. The van der Waals surface area contributed by atoms with E-state index in [1.165, 1.54) is 38.5 Å². The summed E-state index contributed by atoms with van der Waals surface area (Å²) in [5, 5.41) is 0. The van der Waals surface area contributed by atoms with Gasteiger partial charge in [0.25, 0.3) is 5.56 Å². The first-order valence-corrected chi connectivity index (χ1v) is 8.74. The predicted molar refractivity (Wildman–Crippen MR) is 120 cm³/mol. The third-order valence-electron chi connectivity index (χ3n) is 3.10. The van der Waals surface area contributed by atoms with Crippen LogP contribution in [0.25, 0.3) is 0 Å². The van der Waals surface area contributed by atoms with Crippen LogP contribution in [0.2, 0.25) is 0 Å². The zero-order valence-electron chi connectivity index (χ0n) is 30.3. The molecule has 2 aromatic heterocycles. The van der Waals surface area contributed by atoms with E-state index in [0.717, 1.165) is 0 Å². The number of ketones is 1. The second kappa shape index (κ2) is 16.8. The summed E-state index contributed by atoms with van der Waals surface area (Å²) >= 11 is 0. The highest BCUT2D eigenvalue weighted by molar-refractivity contribution is 5.77. The van der Waals surface area contributed by atoms with Gasteiger partial charge in [0.2, 0.25) is 11.5 Å². The Hall–Kier alpha value is -2.64. The van der Waals surface area contributed by atoms with Gasteiger partial charge in [0.05, 0.1) is 6.33 Å². The normalized spacial score (nSPS) is 11.5. The Bertz CT molecular complexity index is 662. The van der Waals surface area contributed by atoms with Gasteiger partial charge in [0.1, 0.15) is 5.78 Å². The lowest BCUT2D eigenvalue weighted by Gasteiger charge is -2.08. The SMILES string of the molecule is CCC(=O)CC.CCC(F)(F)CC.O=c1cccc[nH]1.O=c1ccnc[nH]1.[2HH].[2H][2H].[2H][2H].[2H][2H].[2H][2H].[2H][2H].[2H][2H].[2H][2H]. The van der Waals surface area contributed by atoms with Gasteiger partial charge in [0.15, 0.2) is 0 Å². The number of nitrogens with one attached hydrogen (secondary N) is 2. The number of carbonyl (C=O) groups excluding carboxylic acids is 1. The van der Waals surface area contributed by atoms with Crippen LogP contribution in [0.3, 0.4) is 0 Å². The van der Waals surface area contributed by atoms with E-state index in [0.29, 0.717) is 18.6 Å². The van der Waals surface area contributed by atoms with Gasteiger partial charge in [-0.05, 0) is 6.07 Å². The molecule has 27 heavy (non-hydrogen) atoms. The molecule has 0 aliphatic heterocycles. The number of aromatic nitrogens is 3. The average Bonchev–Trinajstić information content (AvgIpc) is 3.08. The summed E-state index contributed by atoms with van der Waals surface area (Å²) < 4.78 is 93.8. The fourth-order valence-corrected chi connectivity index (χ4v) is 1.18. The monoisotopic (exact) mass is 416 g/mol. The van der Waals surface area contributed by atoms with Crippen LogP contribution in [-0.4, -0.2) is 26.7 Å². The van der Waals surface area contributed by atoms with Gasteiger partial charge in [-0.25, -0.2) is 13.8 Å². The van der Waals surface area contributed by atoms with Crippen molar-refractivity contribution in [2.24, 2.45) is 0 Å². The molecule has 0 aromatic carbocycles. The number of hydrogen-bond donors (Lipinski definition) is 2.